The predicted molar refractivity (Wildman–Crippen MR) is 80.4 cm³/mol. The van der Waals surface area contributed by atoms with E-state index in [2.05, 4.69) is 15.6 Å². The van der Waals surface area contributed by atoms with E-state index in [1.807, 2.05) is 0 Å². The van der Waals surface area contributed by atoms with Crippen LogP contribution in [0, 0.1) is 0 Å². The number of aromatic nitrogens is 3. The third kappa shape index (κ3) is 3.93. The second kappa shape index (κ2) is 6.01. The number of carbonyl (C=O) groups is 1. The average Bonchev–Trinajstić information content (AvgIpc) is 2.83. The second-order valence-corrected chi connectivity index (χ2v) is 5.80. The van der Waals surface area contributed by atoms with Crippen LogP contribution in [-0.4, -0.2) is 26.0 Å². The van der Waals surface area contributed by atoms with Crippen molar-refractivity contribution in [2.75, 3.05) is 5.32 Å². The number of rotatable bonds is 4. The molecule has 21 heavy (non-hydrogen) atoms. The van der Waals surface area contributed by atoms with Crippen LogP contribution in [0.15, 0.2) is 24.4 Å². The standard InChI is InChI=1S/C13H14Cl2N4O2/c1-13(2,21)10-6-19(18-17-10)7-11(20)16-9-5-3-4-8(14)12(9)15/h3-6,21H,7H2,1-2H3,(H,16,20). The Balaban J connectivity index is 2.05. The predicted octanol–water partition coefficient (Wildman–Crippen LogP) is 2.45. The molecule has 0 saturated carbocycles. The van der Waals surface area contributed by atoms with Gasteiger partial charge in [-0.3, -0.25) is 4.79 Å². The first-order chi connectivity index (χ1) is 9.77. The summed E-state index contributed by atoms with van der Waals surface area (Å²) in [5, 5.41) is 20.7. The van der Waals surface area contributed by atoms with E-state index in [0.29, 0.717) is 16.4 Å². The average molecular weight is 329 g/mol. The highest BCUT2D eigenvalue weighted by atomic mass is 35.5. The summed E-state index contributed by atoms with van der Waals surface area (Å²) in [7, 11) is 0. The lowest BCUT2D eigenvalue weighted by molar-refractivity contribution is -0.116. The highest BCUT2D eigenvalue weighted by Crippen LogP contribution is 2.29. The lowest BCUT2D eigenvalue weighted by Gasteiger charge is -2.11. The number of benzene rings is 1. The Morgan fingerprint density at radius 2 is 2.14 bits per heavy atom. The van der Waals surface area contributed by atoms with Gasteiger partial charge >= 0.3 is 0 Å². The molecule has 1 amide bonds. The molecule has 2 N–H and O–H groups in total. The zero-order valence-electron chi connectivity index (χ0n) is 11.5. The minimum atomic E-state index is -1.11. The van der Waals surface area contributed by atoms with E-state index < -0.39 is 5.60 Å². The summed E-state index contributed by atoms with van der Waals surface area (Å²) in [6.07, 6.45) is 1.51. The summed E-state index contributed by atoms with van der Waals surface area (Å²) in [5.74, 6) is -0.327. The molecule has 2 aromatic rings. The van der Waals surface area contributed by atoms with Crippen molar-refractivity contribution in [3.05, 3.63) is 40.1 Å². The Morgan fingerprint density at radius 3 is 2.76 bits per heavy atom. The third-order valence-electron chi connectivity index (χ3n) is 2.70. The molecule has 1 aromatic carbocycles. The molecular weight excluding hydrogens is 315 g/mol. The summed E-state index contributed by atoms with van der Waals surface area (Å²) in [6.45, 7) is 3.13. The molecule has 0 unspecified atom stereocenters. The molecular formula is C13H14Cl2N4O2. The molecule has 6 nitrogen and oxygen atoms in total. The second-order valence-electron chi connectivity index (χ2n) is 5.01. The Hall–Kier alpha value is -1.63. The van der Waals surface area contributed by atoms with Crippen LogP contribution < -0.4 is 5.32 Å². The van der Waals surface area contributed by atoms with Gasteiger partial charge in [-0.05, 0) is 26.0 Å². The molecule has 0 spiro atoms. The molecule has 8 heteroatoms. The van der Waals surface area contributed by atoms with Gasteiger partial charge in [0.2, 0.25) is 5.91 Å². The first-order valence-electron chi connectivity index (χ1n) is 6.14. The van der Waals surface area contributed by atoms with Crippen LogP contribution in [0.1, 0.15) is 19.5 Å². The van der Waals surface area contributed by atoms with Crippen molar-refractivity contribution in [2.45, 2.75) is 26.0 Å². The highest BCUT2D eigenvalue weighted by molar-refractivity contribution is 6.43. The molecule has 0 aliphatic rings. The Kier molecular flexibility index (Phi) is 4.51. The van der Waals surface area contributed by atoms with Crippen molar-refractivity contribution in [3.8, 4) is 0 Å². The van der Waals surface area contributed by atoms with Crippen LogP contribution >= 0.6 is 23.2 Å². The fraction of sp³-hybridized carbons (Fsp3) is 0.308. The summed E-state index contributed by atoms with van der Waals surface area (Å²) < 4.78 is 1.33. The summed E-state index contributed by atoms with van der Waals surface area (Å²) in [5.41, 5.74) is -0.293. The molecule has 0 radical (unpaired) electrons. The van der Waals surface area contributed by atoms with Crippen molar-refractivity contribution in [3.63, 3.8) is 0 Å². The fourth-order valence-corrected chi connectivity index (χ4v) is 1.94. The zero-order valence-corrected chi connectivity index (χ0v) is 13.0. The number of amides is 1. The van der Waals surface area contributed by atoms with Crippen LogP contribution in [0.2, 0.25) is 10.0 Å². The normalized spacial score (nSPS) is 11.5. The van der Waals surface area contributed by atoms with Crippen molar-refractivity contribution in [1.29, 1.82) is 0 Å². The van der Waals surface area contributed by atoms with Gasteiger partial charge in [0.15, 0.2) is 0 Å². The van der Waals surface area contributed by atoms with Gasteiger partial charge in [-0.25, -0.2) is 4.68 Å². The molecule has 0 saturated heterocycles. The van der Waals surface area contributed by atoms with Gasteiger partial charge in [-0.2, -0.15) is 0 Å². The maximum absolute atomic E-state index is 11.9. The lowest BCUT2D eigenvalue weighted by atomic mass is 10.1. The van der Waals surface area contributed by atoms with E-state index in [4.69, 9.17) is 23.2 Å². The summed E-state index contributed by atoms with van der Waals surface area (Å²) in [4.78, 5) is 11.9. The van der Waals surface area contributed by atoms with Gasteiger partial charge < -0.3 is 10.4 Å². The number of anilines is 1. The van der Waals surface area contributed by atoms with Gasteiger partial charge in [0, 0.05) is 0 Å². The molecule has 0 fully saturated rings. The number of nitrogens with one attached hydrogen (secondary N) is 1. The zero-order chi connectivity index (χ0) is 15.6. The van der Waals surface area contributed by atoms with Gasteiger partial charge in [0.05, 0.1) is 21.9 Å². The topological polar surface area (TPSA) is 80.0 Å². The maximum atomic E-state index is 11.9. The number of carbonyl (C=O) groups excluding carboxylic acids is 1. The Bertz CT molecular complexity index is 664. The molecule has 0 bridgehead atoms. The summed E-state index contributed by atoms with van der Waals surface area (Å²) in [6, 6.07) is 4.97. The molecule has 1 aromatic heterocycles. The molecule has 2 rings (SSSR count). The SMILES string of the molecule is CC(C)(O)c1cn(CC(=O)Nc2cccc(Cl)c2Cl)nn1. The number of hydrogen-bond donors (Lipinski definition) is 2. The Labute approximate surface area is 131 Å². The summed E-state index contributed by atoms with van der Waals surface area (Å²) >= 11 is 11.9. The number of halogens is 2. The third-order valence-corrected chi connectivity index (χ3v) is 3.52. The van der Waals surface area contributed by atoms with E-state index in [1.165, 1.54) is 10.9 Å². The number of aliphatic hydroxyl groups is 1. The molecule has 0 aliphatic heterocycles. The van der Waals surface area contributed by atoms with Crippen LogP contribution in [0.4, 0.5) is 5.69 Å². The first-order valence-corrected chi connectivity index (χ1v) is 6.90. The molecule has 112 valence electrons. The minimum Gasteiger partial charge on any atom is -0.384 e. The van der Waals surface area contributed by atoms with E-state index in [1.54, 1.807) is 32.0 Å². The lowest BCUT2D eigenvalue weighted by Crippen LogP contribution is -2.19. The molecule has 0 atom stereocenters. The van der Waals surface area contributed by atoms with E-state index in [9.17, 15) is 9.90 Å². The van der Waals surface area contributed by atoms with Gasteiger partial charge in [0.1, 0.15) is 17.8 Å². The fourth-order valence-electron chi connectivity index (χ4n) is 1.59. The number of hydrogen-bond acceptors (Lipinski definition) is 4. The Morgan fingerprint density at radius 1 is 1.43 bits per heavy atom. The van der Waals surface area contributed by atoms with Crippen molar-refractivity contribution < 1.29 is 9.90 Å². The van der Waals surface area contributed by atoms with E-state index >= 15 is 0 Å². The maximum Gasteiger partial charge on any atom is 0.246 e. The van der Waals surface area contributed by atoms with Gasteiger partial charge in [0.25, 0.3) is 0 Å². The smallest absolute Gasteiger partial charge is 0.246 e. The number of nitrogens with zero attached hydrogens (tertiary/aromatic N) is 3. The van der Waals surface area contributed by atoms with Gasteiger partial charge in [-0.15, -0.1) is 5.10 Å². The molecule has 1 heterocycles. The van der Waals surface area contributed by atoms with Crippen molar-refractivity contribution >= 4 is 34.8 Å². The van der Waals surface area contributed by atoms with Crippen LogP contribution in [-0.2, 0) is 16.9 Å². The largest absolute Gasteiger partial charge is 0.384 e. The van der Waals surface area contributed by atoms with Crippen LogP contribution in [0.3, 0.4) is 0 Å². The van der Waals surface area contributed by atoms with E-state index in [-0.39, 0.29) is 17.5 Å². The van der Waals surface area contributed by atoms with Crippen molar-refractivity contribution in [1.82, 2.24) is 15.0 Å². The first kappa shape index (κ1) is 15.8. The van der Waals surface area contributed by atoms with E-state index in [0.717, 1.165) is 0 Å². The monoisotopic (exact) mass is 328 g/mol. The van der Waals surface area contributed by atoms with Crippen molar-refractivity contribution in [2.24, 2.45) is 0 Å². The van der Waals surface area contributed by atoms with Crippen LogP contribution in [0.25, 0.3) is 0 Å². The van der Waals surface area contributed by atoms with Gasteiger partial charge in [-0.1, -0.05) is 34.5 Å². The van der Waals surface area contributed by atoms with Crippen LogP contribution in [0.5, 0.6) is 0 Å². The quantitative estimate of drug-likeness (QED) is 0.903. The highest BCUT2D eigenvalue weighted by Gasteiger charge is 2.20. The molecule has 0 aliphatic carbocycles. The minimum absolute atomic E-state index is 0.0497.